The molecule has 2 saturated carbocycles. The van der Waals surface area contributed by atoms with Gasteiger partial charge in [-0.15, -0.1) is 24.0 Å². The highest BCUT2D eigenvalue weighted by molar-refractivity contribution is 14.0. The highest BCUT2D eigenvalue weighted by atomic mass is 127. The summed E-state index contributed by atoms with van der Waals surface area (Å²) in [4.78, 5) is 3.96. The van der Waals surface area contributed by atoms with Gasteiger partial charge in [-0.05, 0) is 25.7 Å². The monoisotopic (exact) mass is 331 g/mol. The minimum absolute atomic E-state index is 0. The number of alkyl halides is 2. The molecule has 88 valence electrons. The van der Waals surface area contributed by atoms with Crippen molar-refractivity contribution in [2.24, 2.45) is 16.1 Å². The van der Waals surface area contributed by atoms with Crippen LogP contribution in [0.5, 0.6) is 0 Å². The van der Waals surface area contributed by atoms with Crippen molar-refractivity contribution >= 4 is 29.9 Å². The van der Waals surface area contributed by atoms with E-state index in [0.717, 1.165) is 12.8 Å². The summed E-state index contributed by atoms with van der Waals surface area (Å²) in [6, 6.07) is 0.431. The molecule has 0 amide bonds. The molecule has 0 aromatic rings. The minimum Gasteiger partial charge on any atom is -0.370 e. The average Bonchev–Trinajstić information content (AvgIpc) is 2.97. The Morgan fingerprint density at radius 1 is 1.47 bits per heavy atom. The summed E-state index contributed by atoms with van der Waals surface area (Å²) in [6.07, 6.45) is 1.10. The van der Waals surface area contributed by atoms with Crippen LogP contribution in [-0.4, -0.2) is 25.0 Å². The fourth-order valence-corrected chi connectivity index (χ4v) is 1.33. The third kappa shape index (κ3) is 3.42. The Morgan fingerprint density at radius 3 is 2.47 bits per heavy atom. The molecule has 0 aliphatic heterocycles. The normalized spacial score (nSPS) is 23.5. The highest BCUT2D eigenvalue weighted by Gasteiger charge is 2.50. The van der Waals surface area contributed by atoms with Gasteiger partial charge in [-0.1, -0.05) is 0 Å². The number of guanidine groups is 1. The summed E-state index contributed by atoms with van der Waals surface area (Å²) >= 11 is 0. The first-order valence-corrected chi connectivity index (χ1v) is 4.97. The summed E-state index contributed by atoms with van der Waals surface area (Å²) in [6.45, 7) is 0.163. The minimum atomic E-state index is -2.26. The van der Waals surface area contributed by atoms with Crippen LogP contribution < -0.4 is 11.1 Å². The third-order valence-electron chi connectivity index (χ3n) is 2.85. The lowest BCUT2D eigenvalue weighted by molar-refractivity contribution is 0.0667. The maximum atomic E-state index is 12.5. The molecule has 15 heavy (non-hydrogen) atoms. The van der Waals surface area contributed by atoms with E-state index in [2.05, 4.69) is 10.3 Å². The van der Waals surface area contributed by atoms with Gasteiger partial charge >= 0.3 is 0 Å². The summed E-state index contributed by atoms with van der Waals surface area (Å²) < 4.78 is 24.9. The number of nitrogens with one attached hydrogen (secondary N) is 1. The van der Waals surface area contributed by atoms with Gasteiger partial charge in [0, 0.05) is 6.04 Å². The zero-order chi connectivity index (χ0) is 10.2. The van der Waals surface area contributed by atoms with Gasteiger partial charge in [0.1, 0.15) is 0 Å². The van der Waals surface area contributed by atoms with Gasteiger partial charge in [0.2, 0.25) is 6.43 Å². The van der Waals surface area contributed by atoms with E-state index in [9.17, 15) is 8.78 Å². The average molecular weight is 331 g/mol. The SMILES string of the molecule is I.NC(=NCC1(C(F)F)CC1)NC1CC1. The van der Waals surface area contributed by atoms with Gasteiger partial charge in [-0.25, -0.2) is 8.78 Å². The van der Waals surface area contributed by atoms with Crippen molar-refractivity contribution in [3.63, 3.8) is 0 Å². The molecule has 6 heteroatoms. The van der Waals surface area contributed by atoms with Gasteiger partial charge in [-0.2, -0.15) is 0 Å². The maximum Gasteiger partial charge on any atom is 0.245 e. The first kappa shape index (κ1) is 12.9. The molecule has 0 bridgehead atoms. The Labute approximate surface area is 105 Å². The van der Waals surface area contributed by atoms with Crippen LogP contribution in [-0.2, 0) is 0 Å². The second-order valence-corrected chi connectivity index (χ2v) is 4.28. The fraction of sp³-hybridized carbons (Fsp3) is 0.889. The van der Waals surface area contributed by atoms with Gasteiger partial charge in [0.05, 0.1) is 12.0 Å². The maximum absolute atomic E-state index is 12.5. The molecule has 2 aliphatic rings. The summed E-state index contributed by atoms with van der Waals surface area (Å²) in [5.41, 5.74) is 4.69. The van der Waals surface area contributed by atoms with E-state index in [1.54, 1.807) is 0 Å². The van der Waals surface area contributed by atoms with Crippen LogP contribution in [0.4, 0.5) is 8.78 Å². The van der Waals surface area contributed by atoms with E-state index in [0.29, 0.717) is 24.8 Å². The number of aliphatic imine (C=N–C) groups is 1. The van der Waals surface area contributed by atoms with Crippen molar-refractivity contribution < 1.29 is 8.78 Å². The lowest BCUT2D eigenvalue weighted by atomic mass is 10.1. The van der Waals surface area contributed by atoms with E-state index < -0.39 is 11.8 Å². The molecular weight excluding hydrogens is 315 g/mol. The smallest absolute Gasteiger partial charge is 0.245 e. The van der Waals surface area contributed by atoms with Crippen molar-refractivity contribution in [3.05, 3.63) is 0 Å². The van der Waals surface area contributed by atoms with Crippen molar-refractivity contribution in [1.29, 1.82) is 0 Å². The van der Waals surface area contributed by atoms with Crippen LogP contribution in [0.2, 0.25) is 0 Å². The van der Waals surface area contributed by atoms with Crippen LogP contribution in [0.15, 0.2) is 4.99 Å². The summed E-state index contributed by atoms with van der Waals surface area (Å²) in [7, 11) is 0. The number of halogens is 3. The van der Waals surface area contributed by atoms with Crippen molar-refractivity contribution in [3.8, 4) is 0 Å². The molecule has 0 aromatic carbocycles. The zero-order valence-electron chi connectivity index (χ0n) is 8.38. The molecule has 3 N–H and O–H groups in total. The standard InChI is InChI=1S/C9H15F2N3.HI/c10-7(11)9(3-4-9)5-13-8(12)14-6-1-2-6;/h6-7H,1-5H2,(H3,12,13,14);1H. The number of hydrogen-bond acceptors (Lipinski definition) is 1. The van der Waals surface area contributed by atoms with Crippen molar-refractivity contribution in [2.45, 2.75) is 38.2 Å². The predicted molar refractivity (Wildman–Crippen MR) is 65.7 cm³/mol. The number of rotatable bonds is 4. The molecule has 0 saturated heterocycles. The van der Waals surface area contributed by atoms with Crippen LogP contribution in [0.3, 0.4) is 0 Å². The highest BCUT2D eigenvalue weighted by Crippen LogP contribution is 2.50. The Morgan fingerprint density at radius 2 is 2.07 bits per heavy atom. The second kappa shape index (κ2) is 4.80. The van der Waals surface area contributed by atoms with Crippen LogP contribution in [0.1, 0.15) is 25.7 Å². The Hall–Kier alpha value is -0.140. The first-order chi connectivity index (χ1) is 6.62. The van der Waals surface area contributed by atoms with E-state index in [1.165, 1.54) is 0 Å². The van der Waals surface area contributed by atoms with Crippen molar-refractivity contribution in [1.82, 2.24) is 5.32 Å². The molecule has 0 aromatic heterocycles. The molecule has 2 fully saturated rings. The molecular formula is C9H16F2IN3. The largest absolute Gasteiger partial charge is 0.370 e. The lowest BCUT2D eigenvalue weighted by Crippen LogP contribution is -2.34. The molecule has 0 atom stereocenters. The van der Waals surface area contributed by atoms with Crippen LogP contribution in [0, 0.1) is 5.41 Å². The lowest BCUT2D eigenvalue weighted by Gasteiger charge is -2.11. The fourth-order valence-electron chi connectivity index (χ4n) is 1.33. The van der Waals surface area contributed by atoms with E-state index >= 15 is 0 Å². The topological polar surface area (TPSA) is 50.4 Å². The number of nitrogens with zero attached hydrogens (tertiary/aromatic N) is 1. The molecule has 3 nitrogen and oxygen atoms in total. The van der Waals surface area contributed by atoms with E-state index in [1.807, 2.05) is 0 Å². The van der Waals surface area contributed by atoms with Crippen LogP contribution >= 0.6 is 24.0 Å². The van der Waals surface area contributed by atoms with Gasteiger partial charge in [0.15, 0.2) is 5.96 Å². The van der Waals surface area contributed by atoms with E-state index in [4.69, 9.17) is 5.73 Å². The van der Waals surface area contributed by atoms with Gasteiger partial charge in [0.25, 0.3) is 0 Å². The van der Waals surface area contributed by atoms with Gasteiger partial charge < -0.3 is 11.1 Å². The third-order valence-corrected chi connectivity index (χ3v) is 2.85. The summed E-state index contributed by atoms with van der Waals surface area (Å²) in [5, 5.41) is 2.98. The molecule has 2 rings (SSSR count). The number of nitrogens with two attached hydrogens (primary N) is 1. The molecule has 0 heterocycles. The Balaban J connectivity index is 0.00000112. The molecule has 0 radical (unpaired) electrons. The molecule has 0 spiro atoms. The second-order valence-electron chi connectivity index (χ2n) is 4.28. The van der Waals surface area contributed by atoms with Crippen LogP contribution in [0.25, 0.3) is 0 Å². The Bertz CT molecular complexity index is 250. The van der Waals surface area contributed by atoms with E-state index in [-0.39, 0.29) is 30.5 Å². The molecule has 2 aliphatic carbocycles. The van der Waals surface area contributed by atoms with Gasteiger partial charge in [-0.3, -0.25) is 4.99 Å². The summed E-state index contributed by atoms with van der Waals surface area (Å²) in [5.74, 6) is 0.319. The quantitative estimate of drug-likeness (QED) is 0.468. The first-order valence-electron chi connectivity index (χ1n) is 4.97. The zero-order valence-corrected chi connectivity index (χ0v) is 10.7. The molecule has 0 unspecified atom stereocenters. The van der Waals surface area contributed by atoms with Crippen molar-refractivity contribution in [2.75, 3.05) is 6.54 Å². The Kier molecular flexibility index (Phi) is 4.13. The number of hydrogen-bond donors (Lipinski definition) is 2. The predicted octanol–water partition coefficient (Wildman–Crippen LogP) is 1.72.